The number of benzene rings is 1. The number of halogens is 1. The second kappa shape index (κ2) is 6.16. The summed E-state index contributed by atoms with van der Waals surface area (Å²) in [5.74, 6) is -2.32. The van der Waals surface area contributed by atoms with Crippen LogP contribution in [0.3, 0.4) is 0 Å². The molecule has 0 fully saturated rings. The molecule has 0 saturated carbocycles. The van der Waals surface area contributed by atoms with Gasteiger partial charge in [-0.2, -0.15) is 0 Å². The van der Waals surface area contributed by atoms with Crippen molar-refractivity contribution in [1.29, 1.82) is 0 Å². The third kappa shape index (κ3) is 3.07. The van der Waals surface area contributed by atoms with Crippen molar-refractivity contribution in [3.8, 4) is 5.75 Å². The summed E-state index contributed by atoms with van der Waals surface area (Å²) in [4.78, 5) is 34.1. The van der Waals surface area contributed by atoms with E-state index in [4.69, 9.17) is 16.3 Å². The van der Waals surface area contributed by atoms with Crippen molar-refractivity contribution in [2.24, 2.45) is 0 Å². The zero-order chi connectivity index (χ0) is 13.7. The minimum atomic E-state index is -1.58. The van der Waals surface area contributed by atoms with E-state index in [0.717, 1.165) is 7.11 Å². The van der Waals surface area contributed by atoms with Crippen LogP contribution in [0.5, 0.6) is 5.75 Å². The van der Waals surface area contributed by atoms with Crippen LogP contribution in [-0.4, -0.2) is 37.1 Å². The van der Waals surface area contributed by atoms with Gasteiger partial charge in [0, 0.05) is 5.56 Å². The van der Waals surface area contributed by atoms with Crippen LogP contribution in [0, 0.1) is 0 Å². The van der Waals surface area contributed by atoms with E-state index in [2.05, 4.69) is 4.74 Å². The van der Waals surface area contributed by atoms with Gasteiger partial charge < -0.3 is 9.47 Å². The summed E-state index contributed by atoms with van der Waals surface area (Å²) >= 11 is 5.63. The van der Waals surface area contributed by atoms with Crippen molar-refractivity contribution < 1.29 is 23.9 Å². The molecule has 0 spiro atoms. The molecule has 5 nitrogen and oxygen atoms in total. The Morgan fingerprint density at radius 2 is 1.67 bits per heavy atom. The monoisotopic (exact) mass is 270 g/mol. The molecule has 0 aliphatic carbocycles. The van der Waals surface area contributed by atoms with Crippen LogP contribution in [0.4, 0.5) is 0 Å². The van der Waals surface area contributed by atoms with Gasteiger partial charge in [-0.1, -0.05) is 0 Å². The number of rotatable bonds is 5. The second-order valence-corrected chi connectivity index (χ2v) is 3.75. The Balaban J connectivity index is 2.86. The fraction of sp³-hybridized carbons (Fsp3) is 0.250. The van der Waals surface area contributed by atoms with E-state index in [1.165, 1.54) is 19.2 Å². The van der Waals surface area contributed by atoms with Crippen LogP contribution in [0.15, 0.2) is 24.3 Å². The molecule has 0 bridgehead atoms. The topological polar surface area (TPSA) is 69.7 Å². The number of alkyl halides is 1. The number of hydrogen-bond donors (Lipinski definition) is 0. The van der Waals surface area contributed by atoms with Crippen LogP contribution in [-0.2, 0) is 14.3 Å². The predicted molar refractivity (Wildman–Crippen MR) is 64.0 cm³/mol. The van der Waals surface area contributed by atoms with E-state index in [-0.39, 0.29) is 5.56 Å². The second-order valence-electron chi connectivity index (χ2n) is 3.31. The Kier molecular flexibility index (Phi) is 4.85. The van der Waals surface area contributed by atoms with Gasteiger partial charge in [0.1, 0.15) is 5.75 Å². The lowest BCUT2D eigenvalue weighted by atomic mass is 10.1. The van der Waals surface area contributed by atoms with Crippen LogP contribution in [0.2, 0.25) is 0 Å². The van der Waals surface area contributed by atoms with E-state index in [0.29, 0.717) is 5.75 Å². The van der Waals surface area contributed by atoms with Crippen molar-refractivity contribution in [2.45, 2.75) is 5.38 Å². The summed E-state index contributed by atoms with van der Waals surface area (Å²) in [5, 5.41) is -1.58. The standard InChI is InChI=1S/C12H11ClO5/c1-17-8-5-3-7(4-6-8)10(14)9(13)11(15)12(16)18-2/h3-6,9H,1-2H3/t9-/m1/s1. The molecule has 1 aromatic rings. The molecule has 18 heavy (non-hydrogen) atoms. The zero-order valence-electron chi connectivity index (χ0n) is 9.81. The Bertz CT molecular complexity index is 466. The first kappa shape index (κ1) is 14.2. The minimum Gasteiger partial charge on any atom is -0.497 e. The molecule has 0 amide bonds. The van der Waals surface area contributed by atoms with Crippen molar-refractivity contribution in [3.05, 3.63) is 29.8 Å². The molecule has 0 aromatic heterocycles. The summed E-state index contributed by atoms with van der Waals surface area (Å²) in [6.45, 7) is 0. The molecule has 0 aliphatic rings. The average molecular weight is 271 g/mol. The summed E-state index contributed by atoms with van der Waals surface area (Å²) in [7, 11) is 2.53. The normalized spacial score (nSPS) is 11.5. The number of ether oxygens (including phenoxy) is 2. The highest BCUT2D eigenvalue weighted by molar-refractivity contribution is 6.56. The molecule has 0 aliphatic heterocycles. The molecule has 1 atom stereocenters. The van der Waals surface area contributed by atoms with E-state index >= 15 is 0 Å². The maximum absolute atomic E-state index is 11.8. The average Bonchev–Trinajstić information content (AvgIpc) is 2.44. The van der Waals surface area contributed by atoms with Crippen LogP contribution < -0.4 is 4.74 Å². The van der Waals surface area contributed by atoms with Crippen molar-refractivity contribution >= 4 is 29.1 Å². The summed E-state index contributed by atoms with van der Waals surface area (Å²) in [6.07, 6.45) is 0. The molecular formula is C12H11ClO5. The molecule has 1 rings (SSSR count). The number of Topliss-reactive ketones (excluding diaryl/α,β-unsaturated/α-hetero) is 2. The van der Waals surface area contributed by atoms with Crippen LogP contribution in [0.25, 0.3) is 0 Å². The van der Waals surface area contributed by atoms with Gasteiger partial charge >= 0.3 is 5.97 Å². The Labute approximate surface area is 109 Å². The molecule has 96 valence electrons. The fourth-order valence-corrected chi connectivity index (χ4v) is 1.44. The van der Waals surface area contributed by atoms with Crippen molar-refractivity contribution in [1.82, 2.24) is 0 Å². The number of esters is 1. The molecule has 6 heteroatoms. The molecule has 0 saturated heterocycles. The summed E-state index contributed by atoms with van der Waals surface area (Å²) in [5.41, 5.74) is 0.216. The van der Waals surface area contributed by atoms with Gasteiger partial charge in [0.05, 0.1) is 14.2 Å². The first-order chi connectivity index (χ1) is 8.51. The fourth-order valence-electron chi connectivity index (χ4n) is 1.22. The SMILES string of the molecule is COC(=O)C(=O)[C@H](Cl)C(=O)c1ccc(OC)cc1. The van der Waals surface area contributed by atoms with E-state index < -0.39 is 22.9 Å². The maximum atomic E-state index is 11.8. The van der Waals surface area contributed by atoms with Gasteiger partial charge in [-0.05, 0) is 24.3 Å². The Hall–Kier alpha value is -1.88. The maximum Gasteiger partial charge on any atom is 0.376 e. The van der Waals surface area contributed by atoms with Crippen LogP contribution >= 0.6 is 11.6 Å². The van der Waals surface area contributed by atoms with Gasteiger partial charge in [0.2, 0.25) is 0 Å². The Morgan fingerprint density at radius 3 is 2.11 bits per heavy atom. The summed E-state index contributed by atoms with van der Waals surface area (Å²) < 4.78 is 9.14. The van der Waals surface area contributed by atoms with Gasteiger partial charge in [0.25, 0.3) is 5.78 Å². The van der Waals surface area contributed by atoms with Gasteiger partial charge in [-0.3, -0.25) is 9.59 Å². The largest absolute Gasteiger partial charge is 0.497 e. The third-order valence-electron chi connectivity index (χ3n) is 2.22. The quantitative estimate of drug-likeness (QED) is 0.265. The van der Waals surface area contributed by atoms with Crippen molar-refractivity contribution in [3.63, 3.8) is 0 Å². The van der Waals surface area contributed by atoms with E-state index in [1.54, 1.807) is 12.1 Å². The predicted octanol–water partition coefficient (Wildman–Crippen LogP) is 1.23. The first-order valence-corrected chi connectivity index (χ1v) is 5.39. The lowest BCUT2D eigenvalue weighted by Gasteiger charge is -2.07. The Morgan fingerprint density at radius 1 is 1.11 bits per heavy atom. The molecule has 0 N–H and O–H groups in total. The van der Waals surface area contributed by atoms with E-state index in [9.17, 15) is 14.4 Å². The number of carbonyl (C=O) groups excluding carboxylic acids is 3. The minimum absolute atomic E-state index is 0.216. The molecular weight excluding hydrogens is 260 g/mol. The highest BCUT2D eigenvalue weighted by atomic mass is 35.5. The number of carbonyl (C=O) groups is 3. The summed E-state index contributed by atoms with van der Waals surface area (Å²) in [6, 6.07) is 6.03. The van der Waals surface area contributed by atoms with Crippen molar-refractivity contribution in [2.75, 3.05) is 14.2 Å². The number of methoxy groups -OCH3 is 2. The number of ketones is 2. The van der Waals surface area contributed by atoms with Crippen LogP contribution in [0.1, 0.15) is 10.4 Å². The molecule has 0 radical (unpaired) electrons. The van der Waals surface area contributed by atoms with Gasteiger partial charge in [0.15, 0.2) is 11.2 Å². The van der Waals surface area contributed by atoms with Gasteiger partial charge in [-0.25, -0.2) is 4.79 Å². The molecule has 0 unspecified atom stereocenters. The molecule has 0 heterocycles. The lowest BCUT2D eigenvalue weighted by molar-refractivity contribution is -0.151. The molecule has 1 aromatic carbocycles. The van der Waals surface area contributed by atoms with Gasteiger partial charge in [-0.15, -0.1) is 11.6 Å². The van der Waals surface area contributed by atoms with E-state index in [1.807, 2.05) is 0 Å². The lowest BCUT2D eigenvalue weighted by Crippen LogP contribution is -2.31. The first-order valence-electron chi connectivity index (χ1n) is 4.95. The zero-order valence-corrected chi connectivity index (χ0v) is 10.6. The highest BCUT2D eigenvalue weighted by Gasteiger charge is 2.31. The third-order valence-corrected chi connectivity index (χ3v) is 2.62. The number of hydrogen-bond acceptors (Lipinski definition) is 5. The smallest absolute Gasteiger partial charge is 0.376 e. The highest BCUT2D eigenvalue weighted by Crippen LogP contribution is 2.15.